The molecule has 6 nitrogen and oxygen atoms in total. The predicted octanol–water partition coefficient (Wildman–Crippen LogP) is 4.98. The highest BCUT2D eigenvalue weighted by Gasteiger charge is 2.19. The molecule has 1 fully saturated rings. The van der Waals surface area contributed by atoms with Crippen molar-refractivity contribution in [2.75, 3.05) is 36.9 Å². The molecule has 0 bridgehead atoms. The van der Waals surface area contributed by atoms with Crippen LogP contribution in [0.2, 0.25) is 0 Å². The molecule has 0 aromatic heterocycles. The van der Waals surface area contributed by atoms with Crippen LogP contribution in [0.1, 0.15) is 35.2 Å². The number of rotatable bonds is 10. The Morgan fingerprint density at radius 2 is 1.62 bits per heavy atom. The number of benzene rings is 3. The van der Waals surface area contributed by atoms with E-state index in [0.29, 0.717) is 17.9 Å². The summed E-state index contributed by atoms with van der Waals surface area (Å²) in [5, 5.41) is 6.00. The molecule has 0 atom stereocenters. The third-order valence-corrected chi connectivity index (χ3v) is 5.82. The average Bonchev–Trinajstić information content (AvgIpc) is 3.41. The number of carbonyl (C=O) groups excluding carboxylic acids is 2. The molecule has 0 unspecified atom stereocenters. The fraction of sp³-hybridized carbons (Fsp3) is 0.286. The lowest BCUT2D eigenvalue weighted by atomic mass is 10.1. The lowest BCUT2D eigenvalue weighted by molar-refractivity contribution is -0.114. The smallest absolute Gasteiger partial charge is 0.253 e. The van der Waals surface area contributed by atoms with Gasteiger partial charge in [0.05, 0.1) is 13.2 Å². The van der Waals surface area contributed by atoms with Gasteiger partial charge in [-0.15, -0.1) is 0 Å². The first kappa shape index (κ1) is 23.4. The van der Waals surface area contributed by atoms with Crippen LogP contribution in [0.15, 0.2) is 78.9 Å². The third-order valence-electron chi connectivity index (χ3n) is 5.82. The van der Waals surface area contributed by atoms with Crippen molar-refractivity contribution in [2.45, 2.75) is 25.7 Å². The highest BCUT2D eigenvalue weighted by Crippen LogP contribution is 2.18. The Hall–Kier alpha value is -3.80. The summed E-state index contributed by atoms with van der Waals surface area (Å²) >= 11 is 0. The summed E-state index contributed by atoms with van der Waals surface area (Å²) in [4.78, 5) is 26.7. The fourth-order valence-corrected chi connectivity index (χ4v) is 4.00. The van der Waals surface area contributed by atoms with E-state index in [9.17, 15) is 9.59 Å². The van der Waals surface area contributed by atoms with E-state index in [-0.39, 0.29) is 18.4 Å². The van der Waals surface area contributed by atoms with Crippen LogP contribution < -0.4 is 15.4 Å². The molecule has 1 heterocycles. The molecule has 3 aromatic carbocycles. The minimum Gasteiger partial charge on any atom is -0.494 e. The van der Waals surface area contributed by atoms with Gasteiger partial charge in [0.1, 0.15) is 5.75 Å². The van der Waals surface area contributed by atoms with E-state index in [1.165, 1.54) is 5.56 Å². The molecule has 2 N–H and O–H groups in total. The first-order valence-electron chi connectivity index (χ1n) is 11.9. The number of likely N-dealkylation sites (tertiary alicyclic amines) is 1. The molecule has 6 heteroatoms. The average molecular weight is 458 g/mol. The number of nitrogens with one attached hydrogen (secondary N) is 2. The maximum atomic E-state index is 12.4. The van der Waals surface area contributed by atoms with Gasteiger partial charge in [0.25, 0.3) is 5.91 Å². The second kappa shape index (κ2) is 11.9. The van der Waals surface area contributed by atoms with Crippen LogP contribution in [0.5, 0.6) is 5.75 Å². The molecule has 0 spiro atoms. The van der Waals surface area contributed by atoms with Crippen molar-refractivity contribution in [3.63, 3.8) is 0 Å². The van der Waals surface area contributed by atoms with Gasteiger partial charge in [-0.2, -0.15) is 0 Å². The van der Waals surface area contributed by atoms with Crippen LogP contribution >= 0.6 is 0 Å². The molecule has 1 aliphatic heterocycles. The Balaban J connectivity index is 1.19. The number of hydrogen-bond acceptors (Lipinski definition) is 4. The van der Waals surface area contributed by atoms with Crippen LogP contribution in [0.25, 0.3) is 0 Å². The van der Waals surface area contributed by atoms with Gasteiger partial charge in [0.15, 0.2) is 0 Å². The largest absolute Gasteiger partial charge is 0.494 e. The highest BCUT2D eigenvalue weighted by atomic mass is 16.5. The van der Waals surface area contributed by atoms with E-state index in [0.717, 1.165) is 50.2 Å². The fourth-order valence-electron chi connectivity index (χ4n) is 4.00. The maximum absolute atomic E-state index is 12.4. The summed E-state index contributed by atoms with van der Waals surface area (Å²) in [6.07, 6.45) is 4.04. The monoisotopic (exact) mass is 457 g/mol. The topological polar surface area (TPSA) is 70.7 Å². The molecule has 1 saturated heterocycles. The Morgan fingerprint density at radius 1 is 0.853 bits per heavy atom. The summed E-state index contributed by atoms with van der Waals surface area (Å²) < 4.78 is 5.85. The molecule has 0 saturated carbocycles. The Kier molecular flexibility index (Phi) is 8.17. The van der Waals surface area contributed by atoms with E-state index in [2.05, 4.69) is 22.8 Å². The third kappa shape index (κ3) is 6.85. The Labute approximate surface area is 200 Å². The SMILES string of the molecule is O=C(CNc1ccc(C(=O)N2CCCC2)cc1)Nc1cccc(OCCCc2ccccc2)c1. The van der Waals surface area contributed by atoms with Crippen molar-refractivity contribution in [1.82, 2.24) is 4.90 Å². The molecule has 0 aliphatic carbocycles. The molecule has 3 aromatic rings. The van der Waals surface area contributed by atoms with Crippen molar-refractivity contribution in [1.29, 1.82) is 0 Å². The van der Waals surface area contributed by atoms with E-state index in [4.69, 9.17) is 4.74 Å². The number of aryl methyl sites for hydroxylation is 1. The van der Waals surface area contributed by atoms with Crippen molar-refractivity contribution < 1.29 is 14.3 Å². The Bertz CT molecular complexity index is 1080. The van der Waals surface area contributed by atoms with Gasteiger partial charge in [0, 0.05) is 36.1 Å². The van der Waals surface area contributed by atoms with Gasteiger partial charge in [-0.1, -0.05) is 36.4 Å². The van der Waals surface area contributed by atoms with E-state index >= 15 is 0 Å². The minimum absolute atomic E-state index is 0.0731. The van der Waals surface area contributed by atoms with Gasteiger partial charge >= 0.3 is 0 Å². The highest BCUT2D eigenvalue weighted by molar-refractivity contribution is 5.95. The normalized spacial score (nSPS) is 12.9. The lowest BCUT2D eigenvalue weighted by Gasteiger charge is -2.15. The van der Waals surface area contributed by atoms with Crippen molar-refractivity contribution >= 4 is 23.2 Å². The van der Waals surface area contributed by atoms with Crippen LogP contribution in [0, 0.1) is 0 Å². The maximum Gasteiger partial charge on any atom is 0.253 e. The first-order valence-corrected chi connectivity index (χ1v) is 11.9. The molecule has 2 amide bonds. The van der Waals surface area contributed by atoms with Crippen LogP contribution in [0.4, 0.5) is 11.4 Å². The summed E-state index contributed by atoms with van der Waals surface area (Å²) in [5.74, 6) is 0.652. The minimum atomic E-state index is -0.154. The van der Waals surface area contributed by atoms with Crippen molar-refractivity contribution in [2.24, 2.45) is 0 Å². The summed E-state index contributed by atoms with van der Waals surface area (Å²) in [6.45, 7) is 2.41. The van der Waals surface area contributed by atoms with Crippen LogP contribution in [0.3, 0.4) is 0 Å². The number of amides is 2. The molecule has 1 aliphatic rings. The number of hydrogen-bond donors (Lipinski definition) is 2. The molecular weight excluding hydrogens is 426 g/mol. The van der Waals surface area contributed by atoms with Gasteiger partial charge < -0.3 is 20.3 Å². The van der Waals surface area contributed by atoms with Gasteiger partial charge in [-0.05, 0) is 67.6 Å². The quantitative estimate of drug-likeness (QED) is 0.421. The standard InChI is InChI=1S/C28H31N3O3/c32-27(21-29-24-15-13-23(14-16-24)28(33)31-17-4-5-18-31)30-25-11-6-12-26(20-25)34-19-7-10-22-8-2-1-3-9-22/h1-3,6,8-9,11-16,20,29H,4-5,7,10,17-19,21H2,(H,30,32). The molecule has 0 radical (unpaired) electrons. The summed E-state index contributed by atoms with van der Waals surface area (Å²) in [5.41, 5.74) is 3.47. The zero-order valence-corrected chi connectivity index (χ0v) is 19.3. The van der Waals surface area contributed by atoms with Gasteiger partial charge in [-0.25, -0.2) is 0 Å². The van der Waals surface area contributed by atoms with Crippen molar-refractivity contribution in [3.8, 4) is 5.75 Å². The van der Waals surface area contributed by atoms with Gasteiger partial charge in [-0.3, -0.25) is 9.59 Å². The van der Waals surface area contributed by atoms with E-state index < -0.39 is 0 Å². The number of carbonyl (C=O) groups is 2. The second-order valence-corrected chi connectivity index (χ2v) is 8.44. The number of nitrogens with zero attached hydrogens (tertiary/aromatic N) is 1. The second-order valence-electron chi connectivity index (χ2n) is 8.44. The lowest BCUT2D eigenvalue weighted by Crippen LogP contribution is -2.27. The molecule has 34 heavy (non-hydrogen) atoms. The molecular formula is C28H31N3O3. The first-order chi connectivity index (χ1) is 16.7. The van der Waals surface area contributed by atoms with E-state index in [1.54, 1.807) is 12.1 Å². The number of ether oxygens (including phenoxy) is 1. The number of anilines is 2. The molecule has 4 rings (SSSR count). The van der Waals surface area contributed by atoms with Gasteiger partial charge in [0.2, 0.25) is 5.91 Å². The van der Waals surface area contributed by atoms with E-state index in [1.807, 2.05) is 59.5 Å². The van der Waals surface area contributed by atoms with Crippen molar-refractivity contribution in [3.05, 3.63) is 90.0 Å². The van der Waals surface area contributed by atoms with Crippen LogP contribution in [-0.2, 0) is 11.2 Å². The van der Waals surface area contributed by atoms with Crippen LogP contribution in [-0.4, -0.2) is 43.0 Å². The Morgan fingerprint density at radius 3 is 2.38 bits per heavy atom. The predicted molar refractivity (Wildman–Crippen MR) is 135 cm³/mol. The molecule has 176 valence electrons. The summed E-state index contributed by atoms with van der Waals surface area (Å²) in [7, 11) is 0. The zero-order valence-electron chi connectivity index (χ0n) is 19.3. The zero-order chi connectivity index (χ0) is 23.6. The summed E-state index contributed by atoms with van der Waals surface area (Å²) in [6, 6.07) is 25.0.